The van der Waals surface area contributed by atoms with E-state index < -0.39 is 5.91 Å². The molecule has 0 saturated heterocycles. The molecule has 0 aliphatic heterocycles. The summed E-state index contributed by atoms with van der Waals surface area (Å²) in [6.45, 7) is 0.224. The maximum Gasteiger partial charge on any atom is 0.307 e. The van der Waals surface area contributed by atoms with Crippen LogP contribution in [0.4, 0.5) is 0 Å². The molecule has 138 valence electrons. The highest BCUT2D eigenvalue weighted by Gasteiger charge is 2.11. The number of rotatable bonds is 6. The molecule has 0 aliphatic rings. The van der Waals surface area contributed by atoms with Crippen molar-refractivity contribution in [2.75, 3.05) is 0 Å². The van der Waals surface area contributed by atoms with Crippen molar-refractivity contribution in [1.29, 1.82) is 0 Å². The molecule has 0 radical (unpaired) electrons. The number of hydrogen-bond donors (Lipinski definition) is 1. The lowest BCUT2D eigenvalue weighted by atomic mass is 10.1. The summed E-state index contributed by atoms with van der Waals surface area (Å²) in [5.74, 6) is 1.06. The average Bonchev–Trinajstić information content (AvgIpc) is 3.22. The van der Waals surface area contributed by atoms with Crippen molar-refractivity contribution >= 4 is 22.9 Å². The van der Waals surface area contributed by atoms with Crippen molar-refractivity contribution in [1.82, 2.24) is 10.4 Å². The molecule has 0 atom stereocenters. The molecule has 0 unspecified atom stereocenters. The first kappa shape index (κ1) is 17.5. The van der Waals surface area contributed by atoms with E-state index in [2.05, 4.69) is 15.5 Å². The van der Waals surface area contributed by atoms with Crippen LogP contribution in [0.2, 0.25) is 0 Å². The Balaban J connectivity index is 1.37. The van der Waals surface area contributed by atoms with Crippen molar-refractivity contribution in [3.05, 3.63) is 96.2 Å². The number of pyridine rings is 1. The molecule has 4 aromatic rings. The third-order valence-electron chi connectivity index (χ3n) is 4.09. The Hall–Kier alpha value is -3.93. The molecule has 2 heterocycles. The Labute approximate surface area is 161 Å². The van der Waals surface area contributed by atoms with Crippen LogP contribution in [-0.2, 0) is 6.61 Å². The van der Waals surface area contributed by atoms with E-state index in [1.54, 1.807) is 36.7 Å². The molecule has 28 heavy (non-hydrogen) atoms. The fourth-order valence-electron chi connectivity index (χ4n) is 2.72. The van der Waals surface area contributed by atoms with Gasteiger partial charge in [-0.25, -0.2) is 5.43 Å². The predicted octanol–water partition coefficient (Wildman–Crippen LogP) is 4.17. The van der Waals surface area contributed by atoms with E-state index in [1.807, 2.05) is 42.5 Å². The second-order valence-corrected chi connectivity index (χ2v) is 6.01. The zero-order chi connectivity index (χ0) is 19.2. The van der Waals surface area contributed by atoms with Gasteiger partial charge in [0.2, 0.25) is 0 Å². The predicted molar refractivity (Wildman–Crippen MR) is 106 cm³/mol. The number of carbonyl (C=O) groups is 1. The van der Waals surface area contributed by atoms with E-state index in [4.69, 9.17) is 9.15 Å². The van der Waals surface area contributed by atoms with Gasteiger partial charge in [-0.3, -0.25) is 9.78 Å². The zero-order valence-corrected chi connectivity index (χ0v) is 14.9. The summed E-state index contributed by atoms with van der Waals surface area (Å²) in [7, 11) is 0. The average molecular weight is 371 g/mol. The first-order chi connectivity index (χ1) is 13.8. The van der Waals surface area contributed by atoms with Gasteiger partial charge in [-0.2, -0.15) is 5.10 Å². The zero-order valence-electron chi connectivity index (χ0n) is 14.9. The van der Waals surface area contributed by atoms with Gasteiger partial charge < -0.3 is 9.15 Å². The summed E-state index contributed by atoms with van der Waals surface area (Å²) in [5.41, 5.74) is 3.27. The molecule has 4 rings (SSSR count). The summed E-state index contributed by atoms with van der Waals surface area (Å²) < 4.78 is 11.4. The Morgan fingerprint density at radius 2 is 1.86 bits per heavy atom. The van der Waals surface area contributed by atoms with Gasteiger partial charge in [0.1, 0.15) is 18.1 Å². The Bertz CT molecular complexity index is 1110. The van der Waals surface area contributed by atoms with Crippen LogP contribution in [0.1, 0.15) is 21.9 Å². The van der Waals surface area contributed by atoms with Crippen LogP contribution < -0.4 is 10.2 Å². The van der Waals surface area contributed by atoms with Crippen LogP contribution in [0.25, 0.3) is 10.8 Å². The van der Waals surface area contributed by atoms with Gasteiger partial charge in [0.25, 0.3) is 0 Å². The molecule has 6 heteroatoms. The number of nitrogens with zero attached hydrogens (tertiary/aromatic N) is 2. The van der Waals surface area contributed by atoms with Crippen LogP contribution in [-0.4, -0.2) is 17.1 Å². The molecule has 0 saturated carbocycles. The first-order valence-electron chi connectivity index (χ1n) is 8.72. The minimum Gasteiger partial charge on any atom is -0.485 e. The van der Waals surface area contributed by atoms with E-state index in [0.717, 1.165) is 22.1 Å². The molecule has 1 amide bonds. The Morgan fingerprint density at radius 3 is 2.75 bits per heavy atom. The number of hydrogen-bond acceptors (Lipinski definition) is 5. The van der Waals surface area contributed by atoms with Crippen molar-refractivity contribution in [3.63, 3.8) is 0 Å². The van der Waals surface area contributed by atoms with Crippen molar-refractivity contribution in [2.24, 2.45) is 5.10 Å². The molecule has 2 aromatic carbocycles. The highest BCUT2D eigenvalue weighted by atomic mass is 16.5. The van der Waals surface area contributed by atoms with Gasteiger partial charge in [0.05, 0.1) is 6.21 Å². The number of ether oxygens (including phenoxy) is 1. The third-order valence-corrected chi connectivity index (χ3v) is 4.09. The van der Waals surface area contributed by atoms with Crippen LogP contribution in [0.5, 0.6) is 5.75 Å². The lowest BCUT2D eigenvalue weighted by molar-refractivity contribution is 0.0923. The standard InChI is InChI=1S/C22H17N3O3/c26-22(25-24-14-16-10-12-23-13-11-16)21-9-8-18(28-21)15-27-20-7-3-5-17-4-1-2-6-19(17)20/h1-14H,15H2,(H,25,26). The van der Waals surface area contributed by atoms with Crippen molar-refractivity contribution < 1.29 is 13.9 Å². The fraction of sp³-hybridized carbons (Fsp3) is 0.0455. The highest BCUT2D eigenvalue weighted by molar-refractivity contribution is 5.92. The fourth-order valence-corrected chi connectivity index (χ4v) is 2.72. The minimum absolute atomic E-state index is 0.170. The van der Waals surface area contributed by atoms with Crippen molar-refractivity contribution in [3.8, 4) is 5.75 Å². The molecular formula is C22H17N3O3. The van der Waals surface area contributed by atoms with Gasteiger partial charge in [-0.1, -0.05) is 36.4 Å². The number of benzene rings is 2. The number of furan rings is 1. The Kier molecular flexibility index (Phi) is 5.11. The molecule has 0 bridgehead atoms. The maximum atomic E-state index is 12.1. The quantitative estimate of drug-likeness (QED) is 0.408. The van der Waals surface area contributed by atoms with E-state index in [9.17, 15) is 4.79 Å². The smallest absolute Gasteiger partial charge is 0.307 e. The van der Waals surface area contributed by atoms with Crippen LogP contribution in [0.3, 0.4) is 0 Å². The second kappa shape index (κ2) is 8.18. The van der Waals surface area contributed by atoms with E-state index >= 15 is 0 Å². The van der Waals surface area contributed by atoms with Crippen LogP contribution >= 0.6 is 0 Å². The number of amides is 1. The monoisotopic (exact) mass is 371 g/mol. The number of aromatic nitrogens is 1. The maximum absolute atomic E-state index is 12.1. The normalized spacial score (nSPS) is 11.0. The molecule has 1 N–H and O–H groups in total. The summed E-state index contributed by atoms with van der Waals surface area (Å²) in [6.07, 6.45) is 4.84. The topological polar surface area (TPSA) is 76.7 Å². The SMILES string of the molecule is O=C(NN=Cc1ccncc1)c1ccc(COc2cccc3ccccc23)o1. The van der Waals surface area contributed by atoms with Crippen LogP contribution in [0, 0.1) is 0 Å². The van der Waals surface area contributed by atoms with E-state index in [-0.39, 0.29) is 12.4 Å². The summed E-state index contributed by atoms with van der Waals surface area (Å²) in [6, 6.07) is 20.8. The number of fused-ring (bicyclic) bond motifs is 1. The number of carbonyl (C=O) groups excluding carboxylic acids is 1. The minimum atomic E-state index is -0.429. The summed E-state index contributed by atoms with van der Waals surface area (Å²) in [4.78, 5) is 16.0. The lowest BCUT2D eigenvalue weighted by Crippen LogP contribution is -2.16. The van der Waals surface area contributed by atoms with Crippen LogP contribution in [0.15, 0.2) is 88.6 Å². The summed E-state index contributed by atoms with van der Waals surface area (Å²) in [5, 5.41) is 6.04. The van der Waals surface area contributed by atoms with Gasteiger partial charge in [0, 0.05) is 17.8 Å². The van der Waals surface area contributed by atoms with Gasteiger partial charge in [-0.05, 0) is 41.3 Å². The van der Waals surface area contributed by atoms with Gasteiger partial charge in [0.15, 0.2) is 5.76 Å². The second-order valence-electron chi connectivity index (χ2n) is 6.01. The summed E-state index contributed by atoms with van der Waals surface area (Å²) >= 11 is 0. The molecule has 2 aromatic heterocycles. The Morgan fingerprint density at radius 1 is 1.04 bits per heavy atom. The molecule has 0 spiro atoms. The molecular weight excluding hydrogens is 354 g/mol. The van der Waals surface area contributed by atoms with E-state index in [0.29, 0.717) is 5.76 Å². The molecule has 0 fully saturated rings. The van der Waals surface area contributed by atoms with Gasteiger partial charge in [-0.15, -0.1) is 0 Å². The number of nitrogens with one attached hydrogen (secondary N) is 1. The molecule has 0 aliphatic carbocycles. The third kappa shape index (κ3) is 4.07. The van der Waals surface area contributed by atoms with E-state index in [1.165, 1.54) is 6.21 Å². The van der Waals surface area contributed by atoms with Crippen molar-refractivity contribution in [2.45, 2.75) is 6.61 Å². The highest BCUT2D eigenvalue weighted by Crippen LogP contribution is 2.26. The first-order valence-corrected chi connectivity index (χ1v) is 8.72. The largest absolute Gasteiger partial charge is 0.485 e. The van der Waals surface area contributed by atoms with Gasteiger partial charge >= 0.3 is 5.91 Å². The number of hydrazone groups is 1. The molecule has 6 nitrogen and oxygen atoms in total. The lowest BCUT2D eigenvalue weighted by Gasteiger charge is -2.07.